The van der Waals surface area contributed by atoms with Crippen molar-refractivity contribution in [2.75, 3.05) is 26.2 Å². The van der Waals surface area contributed by atoms with Crippen molar-refractivity contribution in [3.05, 3.63) is 48.0 Å². The number of hydrogen-bond donors (Lipinski definition) is 1. The first-order valence-electron chi connectivity index (χ1n) is 6.94. The van der Waals surface area contributed by atoms with Crippen molar-refractivity contribution in [1.29, 1.82) is 0 Å². The average molecular weight is 244 g/mol. The molecule has 1 aliphatic rings. The molecule has 0 bridgehead atoms. The summed E-state index contributed by atoms with van der Waals surface area (Å²) in [5.41, 5.74) is 2.89. The quantitative estimate of drug-likeness (QED) is 0.801. The van der Waals surface area contributed by atoms with Crippen LogP contribution in [0, 0.1) is 6.92 Å². The molecule has 1 fully saturated rings. The fourth-order valence-electron chi connectivity index (χ4n) is 2.76. The van der Waals surface area contributed by atoms with Crippen LogP contribution in [0.3, 0.4) is 0 Å². The molecule has 1 aromatic rings. The maximum atomic E-state index is 3.86. The van der Waals surface area contributed by atoms with Gasteiger partial charge < -0.3 is 5.32 Å². The Balaban J connectivity index is 2.18. The summed E-state index contributed by atoms with van der Waals surface area (Å²) in [7, 11) is 0. The van der Waals surface area contributed by atoms with Crippen LogP contribution in [0.25, 0.3) is 0 Å². The molecule has 1 aromatic carbocycles. The number of hydrogen-bond acceptors (Lipinski definition) is 2. The van der Waals surface area contributed by atoms with Crippen molar-refractivity contribution in [3.63, 3.8) is 0 Å². The van der Waals surface area contributed by atoms with E-state index in [1.165, 1.54) is 17.5 Å². The van der Waals surface area contributed by atoms with Gasteiger partial charge >= 0.3 is 0 Å². The van der Waals surface area contributed by atoms with Gasteiger partial charge in [0.25, 0.3) is 0 Å². The molecule has 2 rings (SSSR count). The van der Waals surface area contributed by atoms with E-state index < -0.39 is 0 Å². The monoisotopic (exact) mass is 244 g/mol. The van der Waals surface area contributed by atoms with Crippen molar-refractivity contribution < 1.29 is 0 Å². The van der Waals surface area contributed by atoms with E-state index in [1.807, 2.05) is 6.08 Å². The number of nitrogens with one attached hydrogen (secondary N) is 1. The molecule has 0 aromatic heterocycles. The Labute approximate surface area is 111 Å². The van der Waals surface area contributed by atoms with Crippen LogP contribution in [0.5, 0.6) is 0 Å². The Hall–Kier alpha value is -1.12. The highest BCUT2D eigenvalue weighted by Crippen LogP contribution is 2.28. The summed E-state index contributed by atoms with van der Waals surface area (Å²) in [6.07, 6.45) is 4.30. The fraction of sp³-hybridized carbons (Fsp3) is 0.500. The average Bonchev–Trinajstić information content (AvgIpc) is 2.42. The molecule has 0 amide bonds. The van der Waals surface area contributed by atoms with E-state index in [1.54, 1.807) is 0 Å². The largest absolute Gasteiger partial charge is 0.314 e. The number of piperazine rings is 1. The third kappa shape index (κ3) is 3.21. The second-order valence-electron chi connectivity index (χ2n) is 5.02. The standard InChI is InChI=1S/C16H24N2/c1-3-4-9-16(18-12-10-17-11-13-18)15-8-6-5-7-14(15)2/h3,5-8,16-17H,1,4,9-13H2,2H3/t16-/m0/s1. The number of aryl methyl sites for hydroxylation is 1. The van der Waals surface area contributed by atoms with Gasteiger partial charge in [0.2, 0.25) is 0 Å². The van der Waals surface area contributed by atoms with Crippen LogP contribution in [0.1, 0.15) is 30.0 Å². The van der Waals surface area contributed by atoms with E-state index in [0.29, 0.717) is 6.04 Å². The van der Waals surface area contributed by atoms with Gasteiger partial charge in [0.15, 0.2) is 0 Å². The third-order valence-electron chi connectivity index (χ3n) is 3.78. The van der Waals surface area contributed by atoms with Gasteiger partial charge in [-0.05, 0) is 30.9 Å². The van der Waals surface area contributed by atoms with E-state index in [2.05, 4.69) is 48.0 Å². The molecule has 1 aliphatic heterocycles. The van der Waals surface area contributed by atoms with Crippen LogP contribution >= 0.6 is 0 Å². The van der Waals surface area contributed by atoms with Crippen molar-refractivity contribution in [1.82, 2.24) is 10.2 Å². The number of allylic oxidation sites excluding steroid dienone is 1. The summed E-state index contributed by atoms with van der Waals surface area (Å²) >= 11 is 0. The van der Waals surface area contributed by atoms with Gasteiger partial charge in [0.05, 0.1) is 0 Å². The summed E-state index contributed by atoms with van der Waals surface area (Å²) < 4.78 is 0. The van der Waals surface area contributed by atoms with Gasteiger partial charge in [-0.1, -0.05) is 30.3 Å². The molecule has 0 spiro atoms. The minimum Gasteiger partial charge on any atom is -0.314 e. The van der Waals surface area contributed by atoms with Gasteiger partial charge in [0.1, 0.15) is 0 Å². The van der Waals surface area contributed by atoms with E-state index >= 15 is 0 Å². The van der Waals surface area contributed by atoms with Crippen molar-refractivity contribution in [2.45, 2.75) is 25.8 Å². The predicted molar refractivity (Wildman–Crippen MR) is 77.8 cm³/mol. The predicted octanol–water partition coefficient (Wildman–Crippen LogP) is 2.91. The smallest absolute Gasteiger partial charge is 0.0354 e. The van der Waals surface area contributed by atoms with E-state index in [9.17, 15) is 0 Å². The topological polar surface area (TPSA) is 15.3 Å². The molecule has 1 N–H and O–H groups in total. The summed E-state index contributed by atoms with van der Waals surface area (Å²) in [4.78, 5) is 2.61. The van der Waals surface area contributed by atoms with Crippen LogP contribution < -0.4 is 5.32 Å². The van der Waals surface area contributed by atoms with Crippen LogP contribution in [-0.4, -0.2) is 31.1 Å². The van der Waals surface area contributed by atoms with Crippen LogP contribution in [0.2, 0.25) is 0 Å². The van der Waals surface area contributed by atoms with Gasteiger partial charge in [-0.2, -0.15) is 0 Å². The van der Waals surface area contributed by atoms with Gasteiger partial charge in [0, 0.05) is 32.2 Å². The van der Waals surface area contributed by atoms with E-state index in [0.717, 1.165) is 32.6 Å². The normalized spacial score (nSPS) is 18.5. The Morgan fingerprint density at radius 3 is 2.72 bits per heavy atom. The number of rotatable bonds is 5. The lowest BCUT2D eigenvalue weighted by Gasteiger charge is -2.36. The first-order valence-corrected chi connectivity index (χ1v) is 6.94. The molecule has 0 aliphatic carbocycles. The van der Waals surface area contributed by atoms with E-state index in [-0.39, 0.29) is 0 Å². The minimum absolute atomic E-state index is 0.548. The third-order valence-corrected chi connectivity index (χ3v) is 3.78. The zero-order chi connectivity index (χ0) is 12.8. The summed E-state index contributed by atoms with van der Waals surface area (Å²) in [6.45, 7) is 10.6. The molecule has 2 nitrogen and oxygen atoms in total. The van der Waals surface area contributed by atoms with Gasteiger partial charge in [-0.25, -0.2) is 0 Å². The lowest BCUT2D eigenvalue weighted by Crippen LogP contribution is -2.45. The molecule has 1 saturated heterocycles. The second kappa shape index (κ2) is 6.72. The van der Waals surface area contributed by atoms with Gasteiger partial charge in [-0.15, -0.1) is 6.58 Å². The molecule has 18 heavy (non-hydrogen) atoms. The highest BCUT2D eigenvalue weighted by molar-refractivity contribution is 5.29. The van der Waals surface area contributed by atoms with Crippen LogP contribution in [0.4, 0.5) is 0 Å². The van der Waals surface area contributed by atoms with E-state index in [4.69, 9.17) is 0 Å². The summed E-state index contributed by atoms with van der Waals surface area (Å²) in [5.74, 6) is 0. The van der Waals surface area contributed by atoms with Crippen LogP contribution in [-0.2, 0) is 0 Å². The SMILES string of the molecule is C=CCC[C@@H](c1ccccc1C)N1CCNCC1. The summed E-state index contributed by atoms with van der Waals surface area (Å²) in [5, 5.41) is 3.43. The zero-order valence-corrected chi connectivity index (χ0v) is 11.4. The highest BCUT2D eigenvalue weighted by Gasteiger charge is 2.22. The molecular weight excluding hydrogens is 220 g/mol. The Morgan fingerprint density at radius 2 is 2.06 bits per heavy atom. The molecule has 0 radical (unpaired) electrons. The Morgan fingerprint density at radius 1 is 1.33 bits per heavy atom. The number of benzene rings is 1. The first-order chi connectivity index (χ1) is 8.83. The molecule has 1 heterocycles. The molecule has 0 saturated carbocycles. The van der Waals surface area contributed by atoms with Crippen molar-refractivity contribution >= 4 is 0 Å². The van der Waals surface area contributed by atoms with Crippen LogP contribution in [0.15, 0.2) is 36.9 Å². The minimum atomic E-state index is 0.548. The Kier molecular flexibility index (Phi) is 4.97. The zero-order valence-electron chi connectivity index (χ0n) is 11.4. The fourth-order valence-corrected chi connectivity index (χ4v) is 2.76. The van der Waals surface area contributed by atoms with Crippen molar-refractivity contribution in [3.8, 4) is 0 Å². The molecule has 1 atom stereocenters. The lowest BCUT2D eigenvalue weighted by molar-refractivity contribution is 0.165. The molecule has 2 heteroatoms. The van der Waals surface area contributed by atoms with Crippen molar-refractivity contribution in [2.24, 2.45) is 0 Å². The number of nitrogens with zero attached hydrogens (tertiary/aromatic N) is 1. The van der Waals surface area contributed by atoms with Gasteiger partial charge in [-0.3, -0.25) is 4.90 Å². The highest BCUT2D eigenvalue weighted by atomic mass is 15.2. The maximum Gasteiger partial charge on any atom is 0.0354 e. The maximum absolute atomic E-state index is 3.86. The summed E-state index contributed by atoms with van der Waals surface area (Å²) in [6, 6.07) is 9.34. The molecule has 0 unspecified atom stereocenters. The lowest BCUT2D eigenvalue weighted by atomic mass is 9.95. The first kappa shape index (κ1) is 13.3. The Bertz CT molecular complexity index is 380. The second-order valence-corrected chi connectivity index (χ2v) is 5.02. The molecule has 98 valence electrons. The molecular formula is C16H24N2.